The number of Topliss-reactive ketones (excluding diaryl/α,β-unsaturated/α-hetero) is 1. The van der Waals surface area contributed by atoms with E-state index in [1.807, 2.05) is 12.1 Å². The van der Waals surface area contributed by atoms with Gasteiger partial charge < -0.3 is 5.32 Å². The van der Waals surface area contributed by atoms with Gasteiger partial charge in [-0.25, -0.2) is 0 Å². The summed E-state index contributed by atoms with van der Waals surface area (Å²) < 4.78 is 0. The van der Waals surface area contributed by atoms with E-state index in [1.54, 1.807) is 6.92 Å². The summed E-state index contributed by atoms with van der Waals surface area (Å²) in [7, 11) is 0. The number of nitrogens with one attached hydrogen (secondary N) is 1. The molecule has 0 aromatic heterocycles. The van der Waals surface area contributed by atoms with E-state index < -0.39 is 0 Å². The molecule has 14 heavy (non-hydrogen) atoms. The van der Waals surface area contributed by atoms with Crippen LogP contribution in [0.25, 0.3) is 0 Å². The van der Waals surface area contributed by atoms with Gasteiger partial charge in [-0.15, -0.1) is 0 Å². The third kappa shape index (κ3) is 1.58. The highest BCUT2D eigenvalue weighted by atomic mass is 16.1. The van der Waals surface area contributed by atoms with Gasteiger partial charge in [0.05, 0.1) is 0 Å². The molecule has 1 atom stereocenters. The van der Waals surface area contributed by atoms with E-state index in [0.717, 1.165) is 18.5 Å². The second-order valence-corrected chi connectivity index (χ2v) is 3.90. The standard InChI is InChI=1S/C12H15NO/c1-8-12-7-11(9(2)14)4-3-10(12)5-6-13-8/h3-4,7-8,13H,5-6H2,1-2H3. The van der Waals surface area contributed by atoms with Gasteiger partial charge in [0.2, 0.25) is 0 Å². The fourth-order valence-electron chi connectivity index (χ4n) is 1.98. The highest BCUT2D eigenvalue weighted by molar-refractivity contribution is 5.94. The van der Waals surface area contributed by atoms with Crippen LogP contribution in [0.4, 0.5) is 0 Å². The first-order valence-electron chi connectivity index (χ1n) is 5.05. The summed E-state index contributed by atoms with van der Waals surface area (Å²) >= 11 is 0. The molecule has 0 fully saturated rings. The second kappa shape index (κ2) is 3.54. The van der Waals surface area contributed by atoms with Crippen LogP contribution in [0, 0.1) is 0 Å². The predicted octanol–water partition coefficient (Wildman–Crippen LogP) is 2.10. The van der Waals surface area contributed by atoms with Gasteiger partial charge in [-0.2, -0.15) is 0 Å². The van der Waals surface area contributed by atoms with Crippen LogP contribution in [0.15, 0.2) is 18.2 Å². The Morgan fingerprint density at radius 2 is 2.29 bits per heavy atom. The molecule has 1 heterocycles. The molecule has 1 aromatic carbocycles. The van der Waals surface area contributed by atoms with Gasteiger partial charge in [0.25, 0.3) is 0 Å². The zero-order chi connectivity index (χ0) is 10.1. The molecule has 0 saturated carbocycles. The molecule has 74 valence electrons. The molecule has 2 heteroatoms. The minimum atomic E-state index is 0.144. The van der Waals surface area contributed by atoms with E-state index in [4.69, 9.17) is 0 Å². The Balaban J connectivity index is 2.45. The van der Waals surface area contributed by atoms with Crippen molar-refractivity contribution in [3.63, 3.8) is 0 Å². The Bertz CT molecular complexity index is 371. The van der Waals surface area contributed by atoms with Crippen LogP contribution in [0.5, 0.6) is 0 Å². The van der Waals surface area contributed by atoms with Crippen LogP contribution < -0.4 is 5.32 Å². The summed E-state index contributed by atoms with van der Waals surface area (Å²) in [5.74, 6) is 0.144. The summed E-state index contributed by atoms with van der Waals surface area (Å²) in [6, 6.07) is 6.41. The van der Waals surface area contributed by atoms with E-state index >= 15 is 0 Å². The lowest BCUT2D eigenvalue weighted by atomic mass is 9.93. The number of carbonyl (C=O) groups is 1. The maximum absolute atomic E-state index is 11.2. The smallest absolute Gasteiger partial charge is 0.159 e. The first-order valence-corrected chi connectivity index (χ1v) is 5.05. The topological polar surface area (TPSA) is 29.1 Å². The van der Waals surface area contributed by atoms with Crippen molar-refractivity contribution in [2.45, 2.75) is 26.3 Å². The van der Waals surface area contributed by atoms with Crippen LogP contribution >= 0.6 is 0 Å². The van der Waals surface area contributed by atoms with Gasteiger partial charge in [0.1, 0.15) is 0 Å². The molecule has 1 aromatic rings. The fourth-order valence-corrected chi connectivity index (χ4v) is 1.98. The van der Waals surface area contributed by atoms with Gasteiger partial charge >= 0.3 is 0 Å². The first kappa shape index (κ1) is 9.41. The molecule has 0 bridgehead atoms. The maximum atomic E-state index is 11.2. The Morgan fingerprint density at radius 3 is 3.00 bits per heavy atom. The molecule has 0 amide bonds. The van der Waals surface area contributed by atoms with Crippen molar-refractivity contribution in [2.75, 3.05) is 6.54 Å². The lowest BCUT2D eigenvalue weighted by Gasteiger charge is -2.24. The van der Waals surface area contributed by atoms with Crippen LogP contribution in [-0.2, 0) is 6.42 Å². The lowest BCUT2D eigenvalue weighted by molar-refractivity contribution is 0.101. The van der Waals surface area contributed by atoms with Crippen molar-refractivity contribution in [1.82, 2.24) is 5.32 Å². The van der Waals surface area contributed by atoms with Gasteiger partial charge in [0, 0.05) is 11.6 Å². The number of hydrogen-bond acceptors (Lipinski definition) is 2. The molecular formula is C12H15NO. The molecule has 1 unspecified atom stereocenters. The van der Waals surface area contributed by atoms with Crippen LogP contribution in [0.1, 0.15) is 41.4 Å². The summed E-state index contributed by atoms with van der Waals surface area (Å²) in [6.07, 6.45) is 1.07. The van der Waals surface area contributed by atoms with Crippen LogP contribution in [-0.4, -0.2) is 12.3 Å². The summed E-state index contributed by atoms with van der Waals surface area (Å²) in [6.45, 7) is 4.79. The van der Waals surface area contributed by atoms with Crippen molar-refractivity contribution < 1.29 is 4.79 Å². The molecule has 0 spiro atoms. The molecule has 0 radical (unpaired) electrons. The summed E-state index contributed by atoms with van der Waals surface area (Å²) in [4.78, 5) is 11.2. The molecular weight excluding hydrogens is 174 g/mol. The SMILES string of the molecule is CC(=O)c1ccc2c(c1)C(C)NCC2. The maximum Gasteiger partial charge on any atom is 0.159 e. The largest absolute Gasteiger partial charge is 0.310 e. The summed E-state index contributed by atoms with van der Waals surface area (Å²) in [5.41, 5.74) is 3.48. The Morgan fingerprint density at radius 1 is 1.50 bits per heavy atom. The van der Waals surface area contributed by atoms with Gasteiger partial charge in [0.15, 0.2) is 5.78 Å². The molecule has 2 nitrogen and oxygen atoms in total. The highest BCUT2D eigenvalue weighted by Crippen LogP contribution is 2.23. The Hall–Kier alpha value is -1.15. The van der Waals surface area contributed by atoms with Crippen molar-refractivity contribution in [2.24, 2.45) is 0 Å². The van der Waals surface area contributed by atoms with E-state index in [1.165, 1.54) is 11.1 Å². The van der Waals surface area contributed by atoms with Crippen molar-refractivity contribution in [1.29, 1.82) is 0 Å². The normalized spacial score (nSPS) is 20.3. The minimum Gasteiger partial charge on any atom is -0.310 e. The first-order chi connectivity index (χ1) is 6.68. The monoisotopic (exact) mass is 189 g/mol. The van der Waals surface area contributed by atoms with E-state index in [-0.39, 0.29) is 5.78 Å². The number of carbonyl (C=O) groups excluding carboxylic acids is 1. The second-order valence-electron chi connectivity index (χ2n) is 3.90. The van der Waals surface area contributed by atoms with E-state index in [2.05, 4.69) is 18.3 Å². The Kier molecular flexibility index (Phi) is 2.38. The van der Waals surface area contributed by atoms with Crippen molar-refractivity contribution >= 4 is 5.78 Å². The minimum absolute atomic E-state index is 0.144. The van der Waals surface area contributed by atoms with Gasteiger partial charge in [-0.05, 0) is 44.0 Å². The molecule has 1 aliphatic heterocycles. The zero-order valence-electron chi connectivity index (χ0n) is 8.63. The average Bonchev–Trinajstić information content (AvgIpc) is 2.18. The molecule has 0 aliphatic carbocycles. The predicted molar refractivity (Wildman–Crippen MR) is 56.6 cm³/mol. The Labute approximate surface area is 84.3 Å². The molecule has 2 rings (SSSR count). The third-order valence-corrected chi connectivity index (χ3v) is 2.86. The van der Waals surface area contributed by atoms with Crippen molar-refractivity contribution in [3.05, 3.63) is 34.9 Å². The number of fused-ring (bicyclic) bond motifs is 1. The van der Waals surface area contributed by atoms with Crippen molar-refractivity contribution in [3.8, 4) is 0 Å². The van der Waals surface area contributed by atoms with E-state index in [0.29, 0.717) is 6.04 Å². The lowest BCUT2D eigenvalue weighted by Crippen LogP contribution is -2.27. The van der Waals surface area contributed by atoms with Gasteiger partial charge in [-0.3, -0.25) is 4.79 Å². The number of hydrogen-bond donors (Lipinski definition) is 1. The number of ketones is 1. The molecule has 1 N–H and O–H groups in total. The average molecular weight is 189 g/mol. The van der Waals surface area contributed by atoms with Crippen LogP contribution in [0.3, 0.4) is 0 Å². The third-order valence-electron chi connectivity index (χ3n) is 2.86. The highest BCUT2D eigenvalue weighted by Gasteiger charge is 2.16. The van der Waals surface area contributed by atoms with E-state index in [9.17, 15) is 4.79 Å². The van der Waals surface area contributed by atoms with Gasteiger partial charge in [-0.1, -0.05) is 12.1 Å². The number of rotatable bonds is 1. The molecule has 0 saturated heterocycles. The molecule has 1 aliphatic rings. The zero-order valence-corrected chi connectivity index (χ0v) is 8.63. The fraction of sp³-hybridized carbons (Fsp3) is 0.417. The number of benzene rings is 1. The quantitative estimate of drug-likeness (QED) is 0.685. The summed E-state index contributed by atoms with van der Waals surface area (Å²) in [5, 5.41) is 3.39. The van der Waals surface area contributed by atoms with Crippen LogP contribution in [0.2, 0.25) is 0 Å².